The topological polar surface area (TPSA) is 64.0 Å². The predicted molar refractivity (Wildman–Crippen MR) is 81.1 cm³/mol. The molecule has 0 bridgehead atoms. The summed E-state index contributed by atoms with van der Waals surface area (Å²) in [7, 11) is 0. The molecule has 2 aromatic rings. The maximum Gasteiger partial charge on any atom is 0.272 e. The van der Waals surface area contributed by atoms with E-state index in [0.29, 0.717) is 6.54 Å². The molecule has 2 rings (SSSR count). The minimum absolute atomic E-state index is 0.182. The van der Waals surface area contributed by atoms with Crippen LogP contribution in [0.25, 0.3) is 0 Å². The first-order valence-corrected chi connectivity index (χ1v) is 7.15. The number of benzene rings is 1. The van der Waals surface area contributed by atoms with E-state index < -0.39 is 0 Å². The van der Waals surface area contributed by atoms with Crippen LogP contribution in [-0.4, -0.2) is 15.7 Å². The molecule has 1 unspecified atom stereocenters. The Hall–Kier alpha value is -2.50. The molecule has 0 fully saturated rings. The number of halogens is 1. The summed E-state index contributed by atoms with van der Waals surface area (Å²) in [5.41, 5.74) is 0.739. The lowest BCUT2D eigenvalue weighted by Gasteiger charge is -2.14. The fraction of sp³-hybridized carbons (Fsp3) is 0.312. The van der Waals surface area contributed by atoms with Gasteiger partial charge in [-0.05, 0) is 37.1 Å². The average molecular weight is 303 g/mol. The molecule has 0 aliphatic carbocycles. The van der Waals surface area contributed by atoms with Crippen molar-refractivity contribution in [2.45, 2.75) is 32.9 Å². The van der Waals surface area contributed by atoms with Gasteiger partial charge in [0.25, 0.3) is 11.5 Å². The summed E-state index contributed by atoms with van der Waals surface area (Å²) in [5.74, 6) is -0.697. The van der Waals surface area contributed by atoms with Gasteiger partial charge >= 0.3 is 0 Å². The van der Waals surface area contributed by atoms with Crippen molar-refractivity contribution in [3.05, 3.63) is 63.8 Å². The Morgan fingerprint density at radius 1 is 1.27 bits per heavy atom. The van der Waals surface area contributed by atoms with Gasteiger partial charge in [-0.3, -0.25) is 9.59 Å². The van der Waals surface area contributed by atoms with Crippen molar-refractivity contribution in [1.82, 2.24) is 15.1 Å². The fourth-order valence-corrected chi connectivity index (χ4v) is 2.05. The van der Waals surface area contributed by atoms with Crippen LogP contribution in [0.15, 0.2) is 41.2 Å². The lowest BCUT2D eigenvalue weighted by atomic mass is 10.1. The van der Waals surface area contributed by atoms with E-state index >= 15 is 0 Å². The number of hydrogen-bond acceptors (Lipinski definition) is 3. The maximum atomic E-state index is 12.9. The van der Waals surface area contributed by atoms with Crippen molar-refractivity contribution in [3.8, 4) is 0 Å². The zero-order valence-corrected chi connectivity index (χ0v) is 12.5. The van der Waals surface area contributed by atoms with Crippen LogP contribution in [0.5, 0.6) is 0 Å². The zero-order valence-electron chi connectivity index (χ0n) is 12.5. The van der Waals surface area contributed by atoms with Gasteiger partial charge in [-0.15, -0.1) is 0 Å². The van der Waals surface area contributed by atoms with Gasteiger partial charge in [-0.25, -0.2) is 9.07 Å². The summed E-state index contributed by atoms with van der Waals surface area (Å²) < 4.78 is 14.2. The van der Waals surface area contributed by atoms with Crippen LogP contribution >= 0.6 is 0 Å². The first-order valence-electron chi connectivity index (χ1n) is 7.15. The fourth-order valence-electron chi connectivity index (χ4n) is 2.05. The number of aryl methyl sites for hydroxylation is 1. The summed E-state index contributed by atoms with van der Waals surface area (Å²) >= 11 is 0. The molecule has 0 radical (unpaired) electrons. The summed E-state index contributed by atoms with van der Waals surface area (Å²) in [4.78, 5) is 23.8. The molecule has 22 heavy (non-hydrogen) atoms. The minimum Gasteiger partial charge on any atom is -0.344 e. The molecule has 1 aromatic heterocycles. The molecule has 0 saturated heterocycles. The molecular formula is C16H18FN3O2. The molecule has 116 valence electrons. The average Bonchev–Trinajstić information content (AvgIpc) is 2.50. The molecular weight excluding hydrogens is 285 g/mol. The zero-order chi connectivity index (χ0) is 16.1. The van der Waals surface area contributed by atoms with Crippen molar-refractivity contribution in [3.63, 3.8) is 0 Å². The van der Waals surface area contributed by atoms with Gasteiger partial charge in [0.15, 0.2) is 0 Å². The Morgan fingerprint density at radius 2 is 1.95 bits per heavy atom. The lowest BCUT2D eigenvalue weighted by Crippen LogP contribution is -2.31. The molecule has 1 heterocycles. The summed E-state index contributed by atoms with van der Waals surface area (Å²) in [6.07, 6.45) is 0.754. The minimum atomic E-state index is -0.373. The van der Waals surface area contributed by atoms with E-state index in [1.165, 1.54) is 28.9 Å². The van der Waals surface area contributed by atoms with Crippen LogP contribution in [0.2, 0.25) is 0 Å². The second-order valence-corrected chi connectivity index (χ2v) is 5.03. The monoisotopic (exact) mass is 303 g/mol. The Bertz CT molecular complexity index is 710. The second kappa shape index (κ2) is 6.98. The van der Waals surface area contributed by atoms with E-state index in [0.717, 1.165) is 12.0 Å². The standard InChI is InChI=1S/C16H18FN3O2/c1-3-10-20-15(21)9-8-14(19-20)16(22)18-11(2)12-4-6-13(17)7-5-12/h4-9,11H,3,10H2,1-2H3,(H,18,22). The van der Waals surface area contributed by atoms with Crippen LogP contribution in [0.4, 0.5) is 4.39 Å². The van der Waals surface area contributed by atoms with Crippen molar-refractivity contribution >= 4 is 5.91 Å². The van der Waals surface area contributed by atoms with E-state index in [1.807, 2.05) is 6.92 Å². The van der Waals surface area contributed by atoms with Crippen LogP contribution in [0.1, 0.15) is 42.4 Å². The number of carbonyl (C=O) groups is 1. The molecule has 5 nitrogen and oxygen atoms in total. The number of carbonyl (C=O) groups excluding carboxylic acids is 1. The molecule has 1 atom stereocenters. The quantitative estimate of drug-likeness (QED) is 0.921. The number of amides is 1. The number of aromatic nitrogens is 2. The highest BCUT2D eigenvalue weighted by atomic mass is 19.1. The van der Waals surface area contributed by atoms with Crippen molar-refractivity contribution < 1.29 is 9.18 Å². The molecule has 6 heteroatoms. The van der Waals surface area contributed by atoms with Crippen LogP contribution in [-0.2, 0) is 6.54 Å². The Labute approximate surface area is 127 Å². The summed E-state index contributed by atoms with van der Waals surface area (Å²) in [6, 6.07) is 8.37. The van der Waals surface area contributed by atoms with E-state index in [-0.39, 0.29) is 29.0 Å². The second-order valence-electron chi connectivity index (χ2n) is 5.03. The van der Waals surface area contributed by atoms with Gasteiger partial charge in [0, 0.05) is 12.6 Å². The van der Waals surface area contributed by atoms with Gasteiger partial charge in [-0.1, -0.05) is 19.1 Å². The highest BCUT2D eigenvalue weighted by molar-refractivity contribution is 5.92. The number of hydrogen-bond donors (Lipinski definition) is 1. The largest absolute Gasteiger partial charge is 0.344 e. The molecule has 0 saturated carbocycles. The van der Waals surface area contributed by atoms with E-state index in [1.54, 1.807) is 19.1 Å². The molecule has 0 spiro atoms. The molecule has 1 N–H and O–H groups in total. The van der Waals surface area contributed by atoms with Crippen molar-refractivity contribution in [2.75, 3.05) is 0 Å². The first kappa shape index (κ1) is 15.9. The summed E-state index contributed by atoms with van der Waals surface area (Å²) in [5, 5.41) is 6.84. The van der Waals surface area contributed by atoms with E-state index in [4.69, 9.17) is 0 Å². The van der Waals surface area contributed by atoms with Crippen LogP contribution < -0.4 is 10.9 Å². The molecule has 1 aromatic carbocycles. The van der Waals surface area contributed by atoms with Gasteiger partial charge in [0.2, 0.25) is 0 Å². The first-order chi connectivity index (χ1) is 10.5. The molecule has 1 amide bonds. The highest BCUT2D eigenvalue weighted by Gasteiger charge is 2.13. The number of nitrogens with zero attached hydrogens (tertiary/aromatic N) is 2. The van der Waals surface area contributed by atoms with Gasteiger partial charge < -0.3 is 5.32 Å². The maximum absolute atomic E-state index is 12.9. The van der Waals surface area contributed by atoms with Crippen LogP contribution in [0, 0.1) is 5.82 Å². The van der Waals surface area contributed by atoms with Gasteiger partial charge in [-0.2, -0.15) is 5.10 Å². The molecule has 0 aliphatic heterocycles. The lowest BCUT2D eigenvalue weighted by molar-refractivity contribution is 0.0932. The Balaban J connectivity index is 2.13. The van der Waals surface area contributed by atoms with E-state index in [9.17, 15) is 14.0 Å². The number of rotatable bonds is 5. The Kier molecular flexibility index (Phi) is 5.04. The Morgan fingerprint density at radius 3 is 2.59 bits per heavy atom. The third kappa shape index (κ3) is 3.78. The highest BCUT2D eigenvalue weighted by Crippen LogP contribution is 2.13. The van der Waals surface area contributed by atoms with Crippen molar-refractivity contribution in [2.24, 2.45) is 0 Å². The molecule has 0 aliphatic rings. The van der Waals surface area contributed by atoms with E-state index in [2.05, 4.69) is 10.4 Å². The normalized spacial score (nSPS) is 12.0. The van der Waals surface area contributed by atoms with Gasteiger partial charge in [0.05, 0.1) is 6.04 Å². The third-order valence-electron chi connectivity index (χ3n) is 3.25. The van der Waals surface area contributed by atoms with Gasteiger partial charge in [0.1, 0.15) is 11.5 Å². The van der Waals surface area contributed by atoms with Crippen LogP contribution in [0.3, 0.4) is 0 Å². The van der Waals surface area contributed by atoms with Crippen molar-refractivity contribution in [1.29, 1.82) is 0 Å². The smallest absolute Gasteiger partial charge is 0.272 e. The number of nitrogens with one attached hydrogen (secondary N) is 1. The predicted octanol–water partition coefficient (Wildman–Crippen LogP) is 2.28. The SMILES string of the molecule is CCCn1nc(C(=O)NC(C)c2ccc(F)cc2)ccc1=O. The summed E-state index contributed by atoms with van der Waals surface area (Å²) in [6.45, 7) is 4.19. The third-order valence-corrected chi connectivity index (χ3v) is 3.25.